The van der Waals surface area contributed by atoms with Gasteiger partial charge in [0.15, 0.2) is 0 Å². The highest BCUT2D eigenvalue weighted by Crippen LogP contribution is 2.07. The molecule has 0 unspecified atom stereocenters. The van der Waals surface area contributed by atoms with Crippen molar-refractivity contribution in [2.75, 3.05) is 13.2 Å². The number of sulfonamides is 1. The molecule has 0 aromatic heterocycles. The molecule has 0 spiro atoms. The molecule has 5 nitrogen and oxygen atoms in total. The molecule has 0 saturated heterocycles. The van der Waals surface area contributed by atoms with E-state index in [-0.39, 0.29) is 5.97 Å². The Balaban J connectivity index is 1.82. The third-order valence-electron chi connectivity index (χ3n) is 3.63. The summed E-state index contributed by atoms with van der Waals surface area (Å²) in [6.45, 7) is 2.41. The lowest BCUT2D eigenvalue weighted by atomic mass is 10.1. The molecule has 2 aromatic rings. The number of ether oxygens (including phenoxy) is 1. The van der Waals surface area contributed by atoms with E-state index in [9.17, 15) is 13.2 Å². The van der Waals surface area contributed by atoms with Crippen LogP contribution in [0.1, 0.15) is 23.6 Å². The summed E-state index contributed by atoms with van der Waals surface area (Å²) in [5, 5.41) is 1.17. The topological polar surface area (TPSA) is 72.5 Å². The first-order valence-electron chi connectivity index (χ1n) is 8.65. The Bertz CT molecular complexity index is 886. The van der Waals surface area contributed by atoms with E-state index in [1.807, 2.05) is 54.6 Å². The van der Waals surface area contributed by atoms with E-state index in [4.69, 9.17) is 4.74 Å². The van der Waals surface area contributed by atoms with Crippen LogP contribution in [0.4, 0.5) is 0 Å². The maximum atomic E-state index is 12.0. The molecule has 6 heteroatoms. The van der Waals surface area contributed by atoms with Gasteiger partial charge in [0, 0.05) is 18.0 Å². The van der Waals surface area contributed by atoms with Crippen LogP contribution in [0, 0.1) is 0 Å². The third-order valence-corrected chi connectivity index (χ3v) is 4.74. The van der Waals surface area contributed by atoms with Crippen LogP contribution in [0.2, 0.25) is 0 Å². The Morgan fingerprint density at radius 1 is 1.00 bits per heavy atom. The normalized spacial score (nSPS) is 11.9. The van der Waals surface area contributed by atoms with E-state index >= 15 is 0 Å². The summed E-state index contributed by atoms with van der Waals surface area (Å²) in [6, 6.07) is 16.8. The van der Waals surface area contributed by atoms with Crippen LogP contribution in [-0.2, 0) is 26.0 Å². The van der Waals surface area contributed by atoms with E-state index in [2.05, 4.69) is 4.72 Å². The summed E-state index contributed by atoms with van der Waals surface area (Å²) in [7, 11) is -3.47. The van der Waals surface area contributed by atoms with Crippen LogP contribution in [0.25, 0.3) is 12.2 Å². The van der Waals surface area contributed by atoms with Crippen LogP contribution < -0.4 is 4.72 Å². The Kier molecular flexibility index (Phi) is 7.98. The van der Waals surface area contributed by atoms with E-state index in [0.717, 1.165) is 16.7 Å². The second-order valence-corrected chi connectivity index (χ2v) is 7.38. The van der Waals surface area contributed by atoms with Gasteiger partial charge < -0.3 is 4.74 Å². The van der Waals surface area contributed by atoms with Crippen LogP contribution in [-0.4, -0.2) is 27.5 Å². The number of esters is 1. The molecule has 2 aromatic carbocycles. The Morgan fingerprint density at radius 2 is 1.67 bits per heavy atom. The van der Waals surface area contributed by atoms with Gasteiger partial charge in [0.05, 0.1) is 6.61 Å². The standard InChI is InChI=1S/C21H23NO4S/c1-2-26-21(23)13-12-19-8-10-20(11-9-19)14-16-22-27(24,25)17-15-18-6-4-3-5-7-18/h3-13,15,17,22H,2,14,16H2,1H3. The minimum Gasteiger partial charge on any atom is -0.463 e. The molecular formula is C21H23NO4S. The lowest BCUT2D eigenvalue weighted by Crippen LogP contribution is -2.23. The zero-order valence-corrected chi connectivity index (χ0v) is 16.0. The van der Waals surface area contributed by atoms with Crippen molar-refractivity contribution in [3.8, 4) is 0 Å². The molecule has 0 aliphatic rings. The van der Waals surface area contributed by atoms with Gasteiger partial charge in [-0.3, -0.25) is 0 Å². The molecule has 0 bridgehead atoms. The summed E-state index contributed by atoms with van der Waals surface area (Å²) in [5.41, 5.74) is 2.70. The highest BCUT2D eigenvalue weighted by atomic mass is 32.2. The molecule has 0 fully saturated rings. The van der Waals surface area contributed by atoms with Gasteiger partial charge in [-0.15, -0.1) is 0 Å². The van der Waals surface area contributed by atoms with Crippen molar-refractivity contribution in [2.45, 2.75) is 13.3 Å². The third kappa shape index (κ3) is 8.02. The fourth-order valence-electron chi connectivity index (χ4n) is 2.27. The van der Waals surface area contributed by atoms with Crippen molar-refractivity contribution < 1.29 is 17.9 Å². The van der Waals surface area contributed by atoms with Gasteiger partial charge >= 0.3 is 5.97 Å². The van der Waals surface area contributed by atoms with Gasteiger partial charge in [0.1, 0.15) is 0 Å². The molecule has 0 aliphatic heterocycles. The zero-order chi connectivity index (χ0) is 19.5. The quantitative estimate of drug-likeness (QED) is 0.530. The second-order valence-electron chi connectivity index (χ2n) is 5.73. The number of benzene rings is 2. The molecule has 142 valence electrons. The maximum absolute atomic E-state index is 12.0. The molecule has 0 radical (unpaired) electrons. The lowest BCUT2D eigenvalue weighted by Gasteiger charge is -2.04. The first kappa shape index (κ1) is 20.6. The van der Waals surface area contributed by atoms with Gasteiger partial charge in [-0.25, -0.2) is 17.9 Å². The van der Waals surface area contributed by atoms with Gasteiger partial charge in [0.25, 0.3) is 0 Å². The van der Waals surface area contributed by atoms with Crippen LogP contribution in [0.15, 0.2) is 66.1 Å². The molecule has 0 aliphatic carbocycles. The number of rotatable bonds is 9. The van der Waals surface area contributed by atoms with Crippen molar-refractivity contribution in [3.05, 3.63) is 82.8 Å². The predicted octanol–water partition coefficient (Wildman–Crippen LogP) is 3.40. The summed E-state index contributed by atoms with van der Waals surface area (Å²) in [6.07, 6.45) is 5.19. The molecule has 2 rings (SSSR count). The van der Waals surface area contributed by atoms with Gasteiger partial charge in [-0.1, -0.05) is 54.6 Å². The first-order chi connectivity index (χ1) is 13.0. The minimum absolute atomic E-state index is 0.305. The number of carbonyl (C=O) groups is 1. The average Bonchev–Trinajstić information content (AvgIpc) is 2.67. The number of hydrogen-bond acceptors (Lipinski definition) is 4. The van der Waals surface area contributed by atoms with Crippen molar-refractivity contribution in [1.29, 1.82) is 0 Å². The van der Waals surface area contributed by atoms with E-state index in [0.29, 0.717) is 19.6 Å². The van der Waals surface area contributed by atoms with Crippen LogP contribution in [0.3, 0.4) is 0 Å². The van der Waals surface area contributed by atoms with E-state index in [1.165, 1.54) is 11.5 Å². The van der Waals surface area contributed by atoms with Gasteiger partial charge in [-0.2, -0.15) is 0 Å². The SMILES string of the molecule is CCOC(=O)C=Cc1ccc(CCNS(=O)(=O)C=Cc2ccccc2)cc1. The molecule has 27 heavy (non-hydrogen) atoms. The zero-order valence-electron chi connectivity index (χ0n) is 15.2. The molecule has 1 N–H and O–H groups in total. The van der Waals surface area contributed by atoms with Crippen molar-refractivity contribution in [3.63, 3.8) is 0 Å². The smallest absolute Gasteiger partial charge is 0.330 e. The monoisotopic (exact) mass is 385 g/mol. The lowest BCUT2D eigenvalue weighted by molar-refractivity contribution is -0.137. The molecular weight excluding hydrogens is 362 g/mol. The highest BCUT2D eigenvalue weighted by molar-refractivity contribution is 7.92. The highest BCUT2D eigenvalue weighted by Gasteiger charge is 2.04. The van der Waals surface area contributed by atoms with E-state index < -0.39 is 10.0 Å². The first-order valence-corrected chi connectivity index (χ1v) is 10.2. The van der Waals surface area contributed by atoms with Gasteiger partial charge in [-0.05, 0) is 42.2 Å². The Hall–Kier alpha value is -2.70. The molecule has 0 heterocycles. The molecule has 0 amide bonds. The van der Waals surface area contributed by atoms with E-state index in [1.54, 1.807) is 19.1 Å². The molecule has 0 saturated carbocycles. The van der Waals surface area contributed by atoms with Gasteiger partial charge in [0.2, 0.25) is 10.0 Å². The van der Waals surface area contributed by atoms with Crippen molar-refractivity contribution in [2.24, 2.45) is 0 Å². The Morgan fingerprint density at radius 3 is 2.33 bits per heavy atom. The van der Waals surface area contributed by atoms with Crippen LogP contribution in [0.5, 0.6) is 0 Å². The minimum atomic E-state index is -3.47. The Labute approximate surface area is 160 Å². The van der Waals surface area contributed by atoms with Crippen molar-refractivity contribution in [1.82, 2.24) is 4.72 Å². The number of nitrogens with one attached hydrogen (secondary N) is 1. The predicted molar refractivity (Wildman–Crippen MR) is 108 cm³/mol. The number of hydrogen-bond donors (Lipinski definition) is 1. The molecule has 0 atom stereocenters. The largest absolute Gasteiger partial charge is 0.463 e. The fourth-order valence-corrected chi connectivity index (χ4v) is 3.09. The average molecular weight is 385 g/mol. The summed E-state index contributed by atoms with van der Waals surface area (Å²) >= 11 is 0. The van der Waals surface area contributed by atoms with Crippen LogP contribution >= 0.6 is 0 Å². The summed E-state index contributed by atoms with van der Waals surface area (Å²) < 4.78 is 31.4. The number of carbonyl (C=O) groups excluding carboxylic acids is 1. The second kappa shape index (κ2) is 10.4. The fraction of sp³-hybridized carbons (Fsp3) is 0.190. The summed E-state index contributed by atoms with van der Waals surface area (Å²) in [5.74, 6) is -0.375. The van der Waals surface area contributed by atoms with Crippen molar-refractivity contribution >= 4 is 28.1 Å². The maximum Gasteiger partial charge on any atom is 0.330 e. The summed E-state index contributed by atoms with van der Waals surface area (Å²) in [4.78, 5) is 11.3.